The number of phenolic OH excluding ortho intramolecular Hbond substituents is 1. The summed E-state index contributed by atoms with van der Waals surface area (Å²) in [5.74, 6) is 1.02. The lowest BCUT2D eigenvalue weighted by atomic mass is 10.1. The summed E-state index contributed by atoms with van der Waals surface area (Å²) in [7, 11) is 0. The van der Waals surface area contributed by atoms with Crippen molar-refractivity contribution in [2.75, 3.05) is 0 Å². The van der Waals surface area contributed by atoms with Crippen molar-refractivity contribution in [3.8, 4) is 28.6 Å². The first kappa shape index (κ1) is 12.7. The Balaban J connectivity index is 1.99. The topological polar surface area (TPSA) is 59.2 Å². The van der Waals surface area contributed by atoms with Gasteiger partial charge in [0.2, 0.25) is 5.82 Å². The van der Waals surface area contributed by atoms with Gasteiger partial charge in [0.05, 0.1) is 0 Å². The highest BCUT2D eigenvalue weighted by Gasteiger charge is 2.11. The molecule has 0 atom stereocenters. The molecule has 2 aromatic carbocycles. The molecule has 0 unspecified atom stereocenters. The fraction of sp³-hybridized carbons (Fsp3) is 0.0667. The van der Waals surface area contributed by atoms with Crippen LogP contribution in [-0.2, 0) is 0 Å². The van der Waals surface area contributed by atoms with Gasteiger partial charge in [0.1, 0.15) is 5.75 Å². The fourth-order valence-electron chi connectivity index (χ4n) is 1.88. The van der Waals surface area contributed by atoms with E-state index in [9.17, 15) is 5.11 Å². The van der Waals surface area contributed by atoms with Crippen molar-refractivity contribution in [3.63, 3.8) is 0 Å². The second-order valence-electron chi connectivity index (χ2n) is 4.44. The molecule has 0 aliphatic rings. The fourth-order valence-corrected chi connectivity index (χ4v) is 2.00. The van der Waals surface area contributed by atoms with E-state index in [4.69, 9.17) is 16.1 Å². The molecule has 0 saturated carbocycles. The van der Waals surface area contributed by atoms with Crippen molar-refractivity contribution in [2.24, 2.45) is 0 Å². The van der Waals surface area contributed by atoms with E-state index in [1.54, 1.807) is 24.3 Å². The minimum atomic E-state index is 0.163. The van der Waals surface area contributed by atoms with Gasteiger partial charge in [-0.15, -0.1) is 0 Å². The molecule has 4 nitrogen and oxygen atoms in total. The summed E-state index contributed by atoms with van der Waals surface area (Å²) < 4.78 is 5.25. The molecule has 1 aromatic heterocycles. The van der Waals surface area contributed by atoms with E-state index in [-0.39, 0.29) is 5.75 Å². The van der Waals surface area contributed by atoms with Crippen molar-refractivity contribution < 1.29 is 9.63 Å². The Morgan fingerprint density at radius 2 is 1.95 bits per heavy atom. The van der Waals surface area contributed by atoms with Gasteiger partial charge in [0.25, 0.3) is 5.89 Å². The summed E-state index contributed by atoms with van der Waals surface area (Å²) in [4.78, 5) is 4.33. The maximum absolute atomic E-state index is 9.46. The van der Waals surface area contributed by atoms with Crippen LogP contribution in [-0.4, -0.2) is 15.2 Å². The maximum Gasteiger partial charge on any atom is 0.258 e. The second-order valence-corrected chi connectivity index (χ2v) is 4.84. The zero-order chi connectivity index (χ0) is 14.1. The van der Waals surface area contributed by atoms with Crippen molar-refractivity contribution in [3.05, 3.63) is 53.1 Å². The Labute approximate surface area is 120 Å². The van der Waals surface area contributed by atoms with Crippen molar-refractivity contribution >= 4 is 11.6 Å². The van der Waals surface area contributed by atoms with Crippen LogP contribution in [0.3, 0.4) is 0 Å². The van der Waals surface area contributed by atoms with Gasteiger partial charge in [-0.2, -0.15) is 4.98 Å². The first-order chi connectivity index (χ1) is 9.63. The van der Waals surface area contributed by atoms with E-state index in [0.29, 0.717) is 22.3 Å². The summed E-state index contributed by atoms with van der Waals surface area (Å²) in [5, 5.41) is 14.1. The van der Waals surface area contributed by atoms with Crippen LogP contribution in [0, 0.1) is 6.92 Å². The molecule has 5 heteroatoms. The van der Waals surface area contributed by atoms with E-state index in [1.165, 1.54) is 0 Å². The molecule has 0 fully saturated rings. The number of halogens is 1. The minimum Gasteiger partial charge on any atom is -0.508 e. The first-order valence-electron chi connectivity index (χ1n) is 6.03. The third kappa shape index (κ3) is 2.38. The summed E-state index contributed by atoms with van der Waals surface area (Å²) >= 11 is 5.99. The van der Waals surface area contributed by atoms with Gasteiger partial charge in [-0.25, -0.2) is 0 Å². The maximum atomic E-state index is 9.46. The number of rotatable bonds is 2. The van der Waals surface area contributed by atoms with Crippen molar-refractivity contribution in [1.82, 2.24) is 10.1 Å². The molecule has 0 aliphatic carbocycles. The molecule has 0 bridgehead atoms. The number of phenols is 1. The number of hydrogen-bond acceptors (Lipinski definition) is 4. The van der Waals surface area contributed by atoms with E-state index in [1.807, 2.05) is 25.1 Å². The molecule has 1 N–H and O–H groups in total. The van der Waals surface area contributed by atoms with Crippen LogP contribution in [0.4, 0.5) is 0 Å². The molecule has 0 spiro atoms. The molecule has 0 amide bonds. The van der Waals surface area contributed by atoms with E-state index >= 15 is 0 Å². The number of nitrogens with zero attached hydrogens (tertiary/aromatic N) is 2. The molecule has 3 rings (SSSR count). The highest BCUT2D eigenvalue weighted by atomic mass is 35.5. The van der Waals surface area contributed by atoms with E-state index in [2.05, 4.69) is 10.1 Å². The molecular weight excluding hydrogens is 276 g/mol. The Hall–Kier alpha value is -2.33. The highest BCUT2D eigenvalue weighted by molar-refractivity contribution is 6.31. The lowest BCUT2D eigenvalue weighted by molar-refractivity contribution is 0.432. The summed E-state index contributed by atoms with van der Waals surface area (Å²) in [6.07, 6.45) is 0. The average Bonchev–Trinajstić information content (AvgIpc) is 2.92. The normalized spacial score (nSPS) is 10.7. The number of aromatic hydroxyl groups is 1. The van der Waals surface area contributed by atoms with Crippen molar-refractivity contribution in [2.45, 2.75) is 6.92 Å². The monoisotopic (exact) mass is 286 g/mol. The SMILES string of the molecule is Cc1cc(-c2nc(-c3cccc(O)c3)no2)ccc1Cl. The largest absolute Gasteiger partial charge is 0.508 e. The Kier molecular flexibility index (Phi) is 3.16. The standard InChI is InChI=1S/C15H11ClN2O2/c1-9-7-11(5-6-13(9)16)15-17-14(18-20-15)10-3-2-4-12(19)8-10/h2-8,19H,1H3. The van der Waals surface area contributed by atoms with Crippen LogP contribution >= 0.6 is 11.6 Å². The Bertz CT molecular complexity index is 768. The highest BCUT2D eigenvalue weighted by Crippen LogP contribution is 2.26. The molecular formula is C15H11ClN2O2. The zero-order valence-corrected chi connectivity index (χ0v) is 11.4. The van der Waals surface area contributed by atoms with E-state index in [0.717, 1.165) is 11.1 Å². The molecule has 3 aromatic rings. The predicted octanol–water partition coefficient (Wildman–Crippen LogP) is 4.07. The second kappa shape index (κ2) is 4.98. The molecule has 0 saturated heterocycles. The van der Waals surface area contributed by atoms with Gasteiger partial charge < -0.3 is 9.63 Å². The van der Waals surface area contributed by atoms with Crippen LogP contribution < -0.4 is 0 Å². The van der Waals surface area contributed by atoms with E-state index < -0.39 is 0 Å². The minimum absolute atomic E-state index is 0.163. The lowest BCUT2D eigenvalue weighted by Crippen LogP contribution is -1.82. The van der Waals surface area contributed by atoms with Crippen LogP contribution in [0.15, 0.2) is 47.0 Å². The predicted molar refractivity (Wildman–Crippen MR) is 76.6 cm³/mol. The number of aromatic nitrogens is 2. The van der Waals surface area contributed by atoms with Gasteiger partial charge in [-0.1, -0.05) is 28.9 Å². The number of hydrogen-bond donors (Lipinski definition) is 1. The number of benzene rings is 2. The molecule has 0 radical (unpaired) electrons. The lowest BCUT2D eigenvalue weighted by Gasteiger charge is -1.99. The van der Waals surface area contributed by atoms with Gasteiger partial charge >= 0.3 is 0 Å². The smallest absolute Gasteiger partial charge is 0.258 e. The van der Waals surface area contributed by atoms with Crippen LogP contribution in [0.2, 0.25) is 5.02 Å². The summed E-state index contributed by atoms with van der Waals surface area (Å²) in [6, 6.07) is 12.2. The first-order valence-corrected chi connectivity index (χ1v) is 6.41. The average molecular weight is 287 g/mol. The van der Waals surface area contributed by atoms with Gasteiger partial charge in [-0.3, -0.25) is 0 Å². The van der Waals surface area contributed by atoms with Crippen LogP contribution in [0.1, 0.15) is 5.56 Å². The van der Waals surface area contributed by atoms with Crippen LogP contribution in [0.25, 0.3) is 22.8 Å². The molecule has 20 heavy (non-hydrogen) atoms. The van der Waals surface area contributed by atoms with Gasteiger partial charge in [0, 0.05) is 16.1 Å². The summed E-state index contributed by atoms with van der Waals surface area (Å²) in [6.45, 7) is 1.92. The molecule has 0 aliphatic heterocycles. The third-order valence-corrected chi connectivity index (χ3v) is 3.36. The zero-order valence-electron chi connectivity index (χ0n) is 10.7. The Morgan fingerprint density at radius 3 is 2.70 bits per heavy atom. The summed E-state index contributed by atoms with van der Waals surface area (Å²) in [5.41, 5.74) is 2.46. The quantitative estimate of drug-likeness (QED) is 0.771. The number of aryl methyl sites for hydroxylation is 1. The third-order valence-electron chi connectivity index (χ3n) is 2.94. The van der Waals surface area contributed by atoms with Crippen LogP contribution in [0.5, 0.6) is 5.75 Å². The Morgan fingerprint density at radius 1 is 1.10 bits per heavy atom. The van der Waals surface area contributed by atoms with Gasteiger partial charge in [-0.05, 0) is 42.8 Å². The van der Waals surface area contributed by atoms with Crippen molar-refractivity contribution in [1.29, 1.82) is 0 Å². The van der Waals surface area contributed by atoms with Gasteiger partial charge in [0.15, 0.2) is 0 Å². The molecule has 100 valence electrons. The molecule has 1 heterocycles.